The van der Waals surface area contributed by atoms with Crippen LogP contribution in [-0.2, 0) is 14.3 Å². The molecule has 0 bridgehead atoms. The molecule has 1 aliphatic heterocycles. The molecule has 3 rings (SSSR count). The summed E-state index contributed by atoms with van der Waals surface area (Å²) >= 11 is 0. The van der Waals surface area contributed by atoms with Gasteiger partial charge in [-0.2, -0.15) is 0 Å². The molecule has 0 spiro atoms. The molecule has 9 nitrogen and oxygen atoms in total. The van der Waals surface area contributed by atoms with Crippen molar-refractivity contribution in [3.8, 4) is 0 Å². The normalized spacial score (nSPS) is 26.6. The van der Waals surface area contributed by atoms with Gasteiger partial charge in [0.15, 0.2) is 17.8 Å². The molecule has 0 aliphatic carbocycles. The fourth-order valence-corrected chi connectivity index (χ4v) is 3.16. The maximum absolute atomic E-state index is 11.5. The van der Waals surface area contributed by atoms with Crippen LogP contribution in [0.5, 0.6) is 0 Å². The molecule has 2 aromatic rings. The number of non-ortho nitro benzene ring substituents is 1. The van der Waals surface area contributed by atoms with Crippen LogP contribution in [0.4, 0.5) is 5.69 Å². The number of nitrogens with zero attached hydrogens (tertiary/aromatic N) is 4. The Balaban J connectivity index is 2.06. The third-order valence-electron chi connectivity index (χ3n) is 4.32. The number of benzene rings is 1. The molecule has 1 aromatic heterocycles. The standard InChI is InChI=1S/C15H18N4O5/c1-4-12-8(2)14(23-9(3)20)15(24-12)18-10-6-5-7-11(19(21)22)13(10)16-17-18/h5-8,12,14-15H,4H2,1-3H3/t8-,12-,14-,15-/m1/s1. The van der Waals surface area contributed by atoms with E-state index in [1.807, 2.05) is 13.8 Å². The van der Waals surface area contributed by atoms with E-state index in [1.165, 1.54) is 17.7 Å². The number of nitro groups is 1. The first-order chi connectivity index (χ1) is 11.4. The molecule has 2 heterocycles. The van der Waals surface area contributed by atoms with Crippen molar-refractivity contribution >= 4 is 22.7 Å². The van der Waals surface area contributed by atoms with Gasteiger partial charge in [-0.3, -0.25) is 14.9 Å². The molecule has 0 N–H and O–H groups in total. The summed E-state index contributed by atoms with van der Waals surface area (Å²) in [5, 5.41) is 19.1. The summed E-state index contributed by atoms with van der Waals surface area (Å²) in [5.74, 6) is -0.436. The fraction of sp³-hybridized carbons (Fsp3) is 0.533. The largest absolute Gasteiger partial charge is 0.457 e. The number of rotatable bonds is 4. The summed E-state index contributed by atoms with van der Waals surface area (Å²) in [7, 11) is 0. The molecule has 4 atom stereocenters. The van der Waals surface area contributed by atoms with Gasteiger partial charge in [-0.05, 0) is 12.5 Å². The van der Waals surface area contributed by atoms with Gasteiger partial charge in [0.25, 0.3) is 5.69 Å². The minimum Gasteiger partial charge on any atom is -0.457 e. The second kappa shape index (κ2) is 6.16. The summed E-state index contributed by atoms with van der Waals surface area (Å²) in [6.07, 6.45) is -0.544. The van der Waals surface area contributed by atoms with E-state index in [-0.39, 0.29) is 23.2 Å². The number of hydrogen-bond donors (Lipinski definition) is 0. The van der Waals surface area contributed by atoms with Crippen LogP contribution in [0.1, 0.15) is 33.4 Å². The first-order valence-electron chi connectivity index (χ1n) is 7.75. The summed E-state index contributed by atoms with van der Waals surface area (Å²) in [6.45, 7) is 5.27. The molecule has 1 aromatic carbocycles. The van der Waals surface area contributed by atoms with Crippen molar-refractivity contribution in [3.05, 3.63) is 28.3 Å². The zero-order valence-electron chi connectivity index (χ0n) is 13.6. The Hall–Kier alpha value is -2.55. The lowest BCUT2D eigenvalue weighted by Gasteiger charge is -2.21. The minimum absolute atomic E-state index is 0.0261. The molecule has 1 fully saturated rings. The zero-order chi connectivity index (χ0) is 17.4. The molecule has 0 saturated carbocycles. The number of aromatic nitrogens is 3. The average Bonchev–Trinajstić information content (AvgIpc) is 3.08. The third kappa shape index (κ3) is 2.60. The SMILES string of the molecule is CC[C@H]1O[C@@H](n2nnc3c([N+](=O)[O-])cccc32)[C@H](OC(C)=O)[C@@H]1C. The number of carbonyl (C=O) groups excluding carboxylic acids is 1. The van der Waals surface area contributed by atoms with Crippen LogP contribution in [-0.4, -0.2) is 38.1 Å². The number of fused-ring (bicyclic) bond motifs is 1. The lowest BCUT2D eigenvalue weighted by molar-refractivity contribution is -0.383. The maximum atomic E-state index is 11.5. The highest BCUT2D eigenvalue weighted by Gasteiger charge is 2.45. The highest BCUT2D eigenvalue weighted by molar-refractivity contribution is 5.83. The number of carbonyl (C=O) groups is 1. The highest BCUT2D eigenvalue weighted by atomic mass is 16.6. The molecule has 9 heteroatoms. The summed E-state index contributed by atoms with van der Waals surface area (Å²) in [6, 6.07) is 4.62. The van der Waals surface area contributed by atoms with Crippen molar-refractivity contribution in [3.63, 3.8) is 0 Å². The molecule has 24 heavy (non-hydrogen) atoms. The molecule has 0 radical (unpaired) electrons. The van der Waals surface area contributed by atoms with Gasteiger partial charge in [0.2, 0.25) is 0 Å². The number of hydrogen-bond acceptors (Lipinski definition) is 7. The van der Waals surface area contributed by atoms with Crippen molar-refractivity contribution in [1.82, 2.24) is 15.0 Å². The smallest absolute Gasteiger partial charge is 0.303 e. The minimum atomic E-state index is -0.666. The second-order valence-electron chi connectivity index (χ2n) is 5.84. The Morgan fingerprint density at radius 3 is 2.88 bits per heavy atom. The maximum Gasteiger partial charge on any atom is 0.303 e. The third-order valence-corrected chi connectivity index (χ3v) is 4.32. The van der Waals surface area contributed by atoms with E-state index in [9.17, 15) is 14.9 Å². The molecule has 128 valence electrons. The summed E-state index contributed by atoms with van der Waals surface area (Å²) < 4.78 is 12.9. The number of esters is 1. The lowest BCUT2D eigenvalue weighted by Crippen LogP contribution is -2.30. The Bertz CT molecular complexity index is 789. The number of ether oxygens (including phenoxy) is 2. The van der Waals surface area contributed by atoms with Crippen molar-refractivity contribution in [2.75, 3.05) is 0 Å². The van der Waals surface area contributed by atoms with E-state index >= 15 is 0 Å². The Morgan fingerprint density at radius 2 is 2.25 bits per heavy atom. The van der Waals surface area contributed by atoms with Crippen molar-refractivity contribution < 1.29 is 19.2 Å². The number of nitro benzene ring substituents is 1. The van der Waals surface area contributed by atoms with E-state index < -0.39 is 23.2 Å². The van der Waals surface area contributed by atoms with Crippen LogP contribution >= 0.6 is 0 Å². The van der Waals surface area contributed by atoms with Gasteiger partial charge in [0, 0.05) is 18.9 Å². The van der Waals surface area contributed by atoms with Crippen LogP contribution in [0.15, 0.2) is 18.2 Å². The van der Waals surface area contributed by atoms with Crippen LogP contribution in [0, 0.1) is 16.0 Å². The van der Waals surface area contributed by atoms with Crippen LogP contribution in [0.25, 0.3) is 11.0 Å². The first kappa shape index (κ1) is 16.3. The van der Waals surface area contributed by atoms with Crippen LogP contribution in [0.3, 0.4) is 0 Å². The molecule has 0 amide bonds. The van der Waals surface area contributed by atoms with Gasteiger partial charge in [0.1, 0.15) is 0 Å². The van der Waals surface area contributed by atoms with Gasteiger partial charge >= 0.3 is 5.97 Å². The van der Waals surface area contributed by atoms with Gasteiger partial charge in [-0.15, -0.1) is 5.10 Å². The monoisotopic (exact) mass is 334 g/mol. The molecular weight excluding hydrogens is 316 g/mol. The molecular formula is C15H18N4O5. The Labute approximate surface area is 137 Å². The van der Waals surface area contributed by atoms with E-state index in [0.29, 0.717) is 5.52 Å². The first-order valence-corrected chi connectivity index (χ1v) is 7.75. The second-order valence-corrected chi connectivity index (χ2v) is 5.84. The van der Waals surface area contributed by atoms with Gasteiger partial charge in [0.05, 0.1) is 16.5 Å². The van der Waals surface area contributed by atoms with Crippen LogP contribution in [0.2, 0.25) is 0 Å². The van der Waals surface area contributed by atoms with Gasteiger partial charge in [-0.1, -0.05) is 25.1 Å². The van der Waals surface area contributed by atoms with Crippen molar-refractivity contribution in [2.45, 2.75) is 45.6 Å². The molecule has 0 unspecified atom stereocenters. The topological polar surface area (TPSA) is 109 Å². The predicted octanol–water partition coefficient (Wildman–Crippen LogP) is 2.21. The van der Waals surface area contributed by atoms with E-state index in [1.54, 1.807) is 12.1 Å². The predicted molar refractivity (Wildman–Crippen MR) is 83.1 cm³/mol. The van der Waals surface area contributed by atoms with Gasteiger partial charge < -0.3 is 9.47 Å². The van der Waals surface area contributed by atoms with E-state index in [4.69, 9.17) is 9.47 Å². The quantitative estimate of drug-likeness (QED) is 0.479. The fourth-order valence-electron chi connectivity index (χ4n) is 3.16. The Kier molecular flexibility index (Phi) is 4.18. The molecule has 1 saturated heterocycles. The zero-order valence-corrected chi connectivity index (χ0v) is 13.6. The van der Waals surface area contributed by atoms with Gasteiger partial charge in [-0.25, -0.2) is 4.68 Å². The average molecular weight is 334 g/mol. The van der Waals surface area contributed by atoms with Crippen molar-refractivity contribution in [1.29, 1.82) is 0 Å². The van der Waals surface area contributed by atoms with Crippen LogP contribution < -0.4 is 0 Å². The summed E-state index contributed by atoms with van der Waals surface area (Å²) in [5.41, 5.74) is 0.524. The summed E-state index contributed by atoms with van der Waals surface area (Å²) in [4.78, 5) is 22.1. The molecule has 1 aliphatic rings. The highest BCUT2D eigenvalue weighted by Crippen LogP contribution is 2.38. The van der Waals surface area contributed by atoms with Crippen molar-refractivity contribution in [2.24, 2.45) is 5.92 Å². The van der Waals surface area contributed by atoms with E-state index in [0.717, 1.165) is 6.42 Å². The lowest BCUT2D eigenvalue weighted by atomic mass is 9.98. The Morgan fingerprint density at radius 1 is 1.50 bits per heavy atom. The van der Waals surface area contributed by atoms with E-state index in [2.05, 4.69) is 10.3 Å².